The molecule has 0 amide bonds. The van der Waals surface area contributed by atoms with Crippen LogP contribution < -0.4 is 0 Å². The van der Waals surface area contributed by atoms with Gasteiger partial charge in [0.1, 0.15) is 6.29 Å². The molecule has 0 fully saturated rings. The van der Waals surface area contributed by atoms with Gasteiger partial charge in [-0.3, -0.25) is 0 Å². The lowest BCUT2D eigenvalue weighted by Gasteiger charge is -2.61. The summed E-state index contributed by atoms with van der Waals surface area (Å²) in [6, 6.07) is 0. The fourth-order valence-electron chi connectivity index (χ4n) is 6.83. The molecule has 1 unspecified atom stereocenters. The molecule has 1 nitrogen and oxygen atoms in total. The van der Waals surface area contributed by atoms with Gasteiger partial charge in [-0.05, 0) is 5.54 Å². The fourth-order valence-corrected chi connectivity index (χ4v) is 113. The van der Waals surface area contributed by atoms with Crippen LogP contribution in [-0.2, 0) is 4.79 Å². The van der Waals surface area contributed by atoms with Crippen molar-refractivity contribution in [3.8, 4) is 0 Å². The SMILES string of the molecule is CCCCCCCC(CC=O)[Si]([Si](C)(C)C)([Si](C)(C)C)[Si](C)(C)C. The summed E-state index contributed by atoms with van der Waals surface area (Å²) in [4.78, 5) is 11.6. The first-order valence-electron chi connectivity index (χ1n) is 10.2. The molecule has 1 atom stereocenters. The molecule has 0 aliphatic rings. The predicted octanol–water partition coefficient (Wildman–Crippen LogP) is 7.00. The smallest absolute Gasteiger partial charge is 0.119 e. The van der Waals surface area contributed by atoms with Crippen LogP contribution in [0, 0.1) is 0 Å². The second-order valence-electron chi connectivity index (χ2n) is 10.9. The Morgan fingerprint density at radius 2 is 1.12 bits per heavy atom. The van der Waals surface area contributed by atoms with E-state index in [2.05, 4.69) is 65.8 Å². The van der Waals surface area contributed by atoms with Crippen LogP contribution in [0.25, 0.3) is 0 Å². The number of carbonyl (C=O) groups excluding carboxylic acids is 1. The lowest BCUT2D eigenvalue weighted by atomic mass is 10.1. The van der Waals surface area contributed by atoms with Gasteiger partial charge in [0, 0.05) is 35.8 Å². The normalized spacial score (nSPS) is 15.4. The maximum absolute atomic E-state index is 11.6. The Hall–Kier alpha value is 0.538. The third kappa shape index (κ3) is 5.52. The van der Waals surface area contributed by atoms with Crippen molar-refractivity contribution in [3.05, 3.63) is 0 Å². The lowest BCUT2D eigenvalue weighted by Crippen LogP contribution is -2.84. The van der Waals surface area contributed by atoms with Gasteiger partial charge in [0.15, 0.2) is 0 Å². The van der Waals surface area contributed by atoms with Crippen LogP contribution >= 0.6 is 0 Å². The largest absolute Gasteiger partial charge is 0.303 e. The molecule has 0 N–H and O–H groups in total. The second kappa shape index (κ2) is 9.47. The Morgan fingerprint density at radius 1 is 0.708 bits per heavy atom. The van der Waals surface area contributed by atoms with Gasteiger partial charge in [0.2, 0.25) is 0 Å². The van der Waals surface area contributed by atoms with Gasteiger partial charge < -0.3 is 4.79 Å². The first-order chi connectivity index (χ1) is 10.8. The Morgan fingerprint density at radius 3 is 1.46 bits per heavy atom. The van der Waals surface area contributed by atoms with Crippen molar-refractivity contribution in [3.63, 3.8) is 0 Å². The summed E-state index contributed by atoms with van der Waals surface area (Å²) in [5.74, 6) is 0. The number of hydrogen-bond acceptors (Lipinski definition) is 1. The van der Waals surface area contributed by atoms with Gasteiger partial charge in [-0.2, -0.15) is 0 Å². The Balaban J connectivity index is 5.81. The molecule has 0 heterocycles. The molecule has 0 aromatic rings. The van der Waals surface area contributed by atoms with E-state index in [0.717, 1.165) is 12.0 Å². The van der Waals surface area contributed by atoms with Gasteiger partial charge in [0.05, 0.1) is 0 Å². The second-order valence-corrected chi connectivity index (χ2v) is 51.9. The molecule has 0 aliphatic heterocycles. The molecule has 5 heteroatoms. The van der Waals surface area contributed by atoms with E-state index < -0.39 is 29.4 Å². The van der Waals surface area contributed by atoms with Gasteiger partial charge in [-0.1, -0.05) is 104 Å². The number of unbranched alkanes of at least 4 members (excludes halogenated alkanes) is 4. The molecule has 0 bridgehead atoms. The Bertz CT molecular complexity index is 338. The zero-order chi connectivity index (χ0) is 19.2. The highest BCUT2D eigenvalue weighted by molar-refractivity contribution is 7.89. The molecule has 0 radical (unpaired) electrons. The van der Waals surface area contributed by atoms with Crippen molar-refractivity contribution in [2.24, 2.45) is 0 Å². The van der Waals surface area contributed by atoms with Gasteiger partial charge >= 0.3 is 0 Å². The molecule has 24 heavy (non-hydrogen) atoms. The Kier molecular flexibility index (Phi) is 9.68. The van der Waals surface area contributed by atoms with Crippen molar-refractivity contribution in [2.75, 3.05) is 0 Å². The van der Waals surface area contributed by atoms with Gasteiger partial charge in [0.25, 0.3) is 0 Å². The van der Waals surface area contributed by atoms with Crippen LogP contribution in [0.15, 0.2) is 0 Å². The molecule has 0 aromatic carbocycles. The van der Waals surface area contributed by atoms with Gasteiger partial charge in [-0.25, -0.2) is 0 Å². The third-order valence-electron chi connectivity index (χ3n) is 6.20. The van der Waals surface area contributed by atoms with Crippen molar-refractivity contribution < 1.29 is 4.79 Å². The van der Waals surface area contributed by atoms with E-state index in [9.17, 15) is 4.79 Å². The van der Waals surface area contributed by atoms with E-state index in [1.165, 1.54) is 44.8 Å². The molecule has 0 spiro atoms. The molecule has 0 saturated carbocycles. The number of aldehydes is 1. The highest BCUT2D eigenvalue weighted by Crippen LogP contribution is 2.48. The summed E-state index contributed by atoms with van der Waals surface area (Å²) in [7, 11) is -3.84. The predicted molar refractivity (Wildman–Crippen MR) is 124 cm³/mol. The third-order valence-corrected chi connectivity index (χ3v) is 80.5. The zero-order valence-corrected chi connectivity index (χ0v) is 22.5. The standard InChI is InChI=1S/C19H46OSi4/c1-11-12-13-14-15-16-19(17-18-20)24(21(2,3)4,22(5,6)7)23(8,9)10/h18-19H,11-17H2,1-10H3. The molecule has 144 valence electrons. The van der Waals surface area contributed by atoms with Crippen molar-refractivity contribution in [1.29, 1.82) is 0 Å². The van der Waals surface area contributed by atoms with E-state index in [4.69, 9.17) is 0 Å². The molecule has 0 aromatic heterocycles. The fraction of sp³-hybridized carbons (Fsp3) is 0.947. The number of carbonyl (C=O) groups is 1. The Labute approximate surface area is 156 Å². The number of rotatable bonds is 12. The maximum atomic E-state index is 11.6. The van der Waals surface area contributed by atoms with Crippen LogP contribution in [-0.4, -0.2) is 35.7 Å². The summed E-state index contributed by atoms with van der Waals surface area (Å²) < 4.78 is 0. The average molecular weight is 403 g/mol. The summed E-state index contributed by atoms with van der Waals surface area (Å²) in [5, 5.41) is 0. The quantitative estimate of drug-likeness (QED) is 0.195. The van der Waals surface area contributed by atoms with Crippen LogP contribution in [0.3, 0.4) is 0 Å². The number of hydrogen-bond donors (Lipinski definition) is 0. The van der Waals surface area contributed by atoms with Crippen LogP contribution in [0.1, 0.15) is 51.9 Å². The van der Waals surface area contributed by atoms with E-state index in [-0.39, 0.29) is 0 Å². The summed E-state index contributed by atoms with van der Waals surface area (Å²) >= 11 is 0. The van der Waals surface area contributed by atoms with Crippen molar-refractivity contribution in [1.82, 2.24) is 0 Å². The zero-order valence-electron chi connectivity index (χ0n) is 18.5. The molecule has 0 rings (SSSR count). The van der Waals surface area contributed by atoms with Gasteiger partial charge in [-0.15, -0.1) is 0 Å². The van der Waals surface area contributed by atoms with E-state index >= 15 is 0 Å². The molecule has 0 saturated heterocycles. The minimum Gasteiger partial charge on any atom is -0.303 e. The minimum absolute atomic E-state index is 0.765. The maximum Gasteiger partial charge on any atom is 0.119 e. The summed E-state index contributed by atoms with van der Waals surface area (Å²) in [6.07, 6.45) is 10.3. The van der Waals surface area contributed by atoms with Crippen LogP contribution in [0.4, 0.5) is 0 Å². The monoisotopic (exact) mass is 402 g/mol. The van der Waals surface area contributed by atoms with Crippen molar-refractivity contribution >= 4 is 35.7 Å². The average Bonchev–Trinajstić information content (AvgIpc) is 2.33. The van der Waals surface area contributed by atoms with E-state index in [0.29, 0.717) is 0 Å². The molecule has 0 aliphatic carbocycles. The lowest BCUT2D eigenvalue weighted by molar-refractivity contribution is -0.107. The van der Waals surface area contributed by atoms with E-state index in [1.54, 1.807) is 0 Å². The summed E-state index contributed by atoms with van der Waals surface area (Å²) in [6.45, 7) is 24.8. The highest BCUT2D eigenvalue weighted by atomic mass is 29.9. The molecular formula is C19H46OSi4. The van der Waals surface area contributed by atoms with E-state index in [1.807, 2.05) is 0 Å². The highest BCUT2D eigenvalue weighted by Gasteiger charge is 2.64. The first kappa shape index (κ1) is 24.5. The van der Waals surface area contributed by atoms with Crippen LogP contribution in [0.5, 0.6) is 0 Å². The minimum atomic E-state index is -1.43. The summed E-state index contributed by atoms with van der Waals surface area (Å²) in [5.41, 5.74) is 0.765. The van der Waals surface area contributed by atoms with Crippen molar-refractivity contribution in [2.45, 2.75) is 116 Å². The topological polar surface area (TPSA) is 17.1 Å². The van der Waals surface area contributed by atoms with Crippen LogP contribution in [0.2, 0.25) is 64.5 Å². The molecular weight excluding hydrogens is 357 g/mol. The first-order valence-corrected chi connectivity index (χ1v) is 25.8.